The van der Waals surface area contributed by atoms with Crippen molar-refractivity contribution in [2.75, 3.05) is 12.0 Å². The van der Waals surface area contributed by atoms with Crippen LogP contribution in [0.1, 0.15) is 32.0 Å². The smallest absolute Gasteiger partial charge is 0.203 e. The third-order valence-electron chi connectivity index (χ3n) is 2.68. The summed E-state index contributed by atoms with van der Waals surface area (Å²) in [5.74, 6) is 1.17. The van der Waals surface area contributed by atoms with Crippen molar-refractivity contribution >= 4 is 34.3 Å². The Morgan fingerprint density at radius 2 is 2.22 bits per heavy atom. The summed E-state index contributed by atoms with van der Waals surface area (Å²) in [6.07, 6.45) is 1.69. The van der Waals surface area contributed by atoms with Crippen molar-refractivity contribution in [3.05, 3.63) is 33.8 Å². The molecular weight excluding hydrogens is 334 g/mol. The Morgan fingerprint density at radius 1 is 1.43 bits per heavy atom. The zero-order valence-electron chi connectivity index (χ0n) is 13.6. The van der Waals surface area contributed by atoms with Crippen LogP contribution in [0, 0.1) is 6.92 Å². The van der Waals surface area contributed by atoms with Crippen molar-refractivity contribution in [1.82, 2.24) is 4.98 Å². The Labute approximate surface area is 145 Å². The number of nitrogens with one attached hydrogen (secondary N) is 1. The molecule has 0 bridgehead atoms. The van der Waals surface area contributed by atoms with E-state index < -0.39 is 0 Å². The fraction of sp³-hybridized carbons (Fsp3) is 0.375. The predicted molar refractivity (Wildman–Crippen MR) is 96.5 cm³/mol. The van der Waals surface area contributed by atoms with Gasteiger partial charge in [0, 0.05) is 5.38 Å². The summed E-state index contributed by atoms with van der Waals surface area (Å²) < 4.78 is 11.4. The Hall–Kier alpha value is -1.79. The third kappa shape index (κ3) is 5.11. The molecule has 0 unspecified atom stereocenters. The standard InChI is InChI=1S/C16H20ClN3O2S/c1-5-21-14-7-12(6-13(17)15(14)22-10(2)3)8-18-20-16-19-11(4)9-23-16/h6-10H,5H2,1-4H3,(H,19,20). The number of hydrazone groups is 1. The van der Waals surface area contributed by atoms with Crippen LogP contribution in [-0.4, -0.2) is 23.9 Å². The molecule has 1 aromatic carbocycles. The monoisotopic (exact) mass is 353 g/mol. The molecule has 7 heteroatoms. The van der Waals surface area contributed by atoms with Crippen LogP contribution >= 0.6 is 22.9 Å². The topological polar surface area (TPSA) is 55.7 Å². The van der Waals surface area contributed by atoms with E-state index in [9.17, 15) is 0 Å². The maximum absolute atomic E-state index is 6.32. The first-order valence-electron chi connectivity index (χ1n) is 7.33. The zero-order chi connectivity index (χ0) is 16.8. The summed E-state index contributed by atoms with van der Waals surface area (Å²) in [7, 11) is 0. The molecule has 1 aromatic heterocycles. The van der Waals surface area contributed by atoms with Gasteiger partial charge in [-0.05, 0) is 45.4 Å². The lowest BCUT2D eigenvalue weighted by Crippen LogP contribution is -2.08. The first kappa shape index (κ1) is 17.6. The van der Waals surface area contributed by atoms with Crippen LogP contribution < -0.4 is 14.9 Å². The molecule has 0 amide bonds. The van der Waals surface area contributed by atoms with Gasteiger partial charge in [0.25, 0.3) is 0 Å². The fourth-order valence-corrected chi connectivity index (χ4v) is 2.74. The molecule has 124 valence electrons. The highest BCUT2D eigenvalue weighted by molar-refractivity contribution is 7.13. The lowest BCUT2D eigenvalue weighted by Gasteiger charge is -2.16. The molecule has 2 rings (SSSR count). The molecule has 23 heavy (non-hydrogen) atoms. The second-order valence-corrected chi connectivity index (χ2v) is 6.36. The molecule has 0 radical (unpaired) electrons. The van der Waals surface area contributed by atoms with Gasteiger partial charge < -0.3 is 9.47 Å². The average Bonchev–Trinajstić information content (AvgIpc) is 2.88. The molecule has 0 spiro atoms. The van der Waals surface area contributed by atoms with E-state index in [1.165, 1.54) is 11.3 Å². The quantitative estimate of drug-likeness (QED) is 0.577. The van der Waals surface area contributed by atoms with Crippen LogP contribution in [0.25, 0.3) is 0 Å². The lowest BCUT2D eigenvalue weighted by atomic mass is 10.2. The summed E-state index contributed by atoms with van der Waals surface area (Å²) in [6, 6.07) is 3.64. The molecule has 0 saturated heterocycles. The second kappa shape index (κ2) is 8.17. The molecule has 2 aromatic rings. The van der Waals surface area contributed by atoms with Crippen molar-refractivity contribution in [2.24, 2.45) is 5.10 Å². The number of hydrogen-bond acceptors (Lipinski definition) is 6. The van der Waals surface area contributed by atoms with Gasteiger partial charge in [0.15, 0.2) is 11.5 Å². The van der Waals surface area contributed by atoms with Crippen molar-refractivity contribution in [3.8, 4) is 11.5 Å². The molecular formula is C16H20ClN3O2S. The number of ether oxygens (including phenoxy) is 2. The van der Waals surface area contributed by atoms with Gasteiger partial charge in [0.05, 0.1) is 29.6 Å². The van der Waals surface area contributed by atoms with Crippen LogP contribution in [0.3, 0.4) is 0 Å². The van der Waals surface area contributed by atoms with Gasteiger partial charge in [0.1, 0.15) is 0 Å². The maximum Gasteiger partial charge on any atom is 0.203 e. The van der Waals surface area contributed by atoms with E-state index in [1.54, 1.807) is 12.3 Å². The van der Waals surface area contributed by atoms with Gasteiger partial charge in [-0.25, -0.2) is 4.98 Å². The second-order valence-electron chi connectivity index (χ2n) is 5.09. The molecule has 1 N–H and O–H groups in total. The summed E-state index contributed by atoms with van der Waals surface area (Å²) >= 11 is 7.82. The average molecular weight is 354 g/mol. The third-order valence-corrected chi connectivity index (χ3v) is 3.82. The SMILES string of the molecule is CCOc1cc(C=NNc2nc(C)cs2)cc(Cl)c1OC(C)C. The summed E-state index contributed by atoms with van der Waals surface area (Å²) in [6.45, 7) is 8.28. The van der Waals surface area contributed by atoms with Gasteiger partial charge >= 0.3 is 0 Å². The Kier molecular flexibility index (Phi) is 6.24. The van der Waals surface area contributed by atoms with Crippen molar-refractivity contribution in [1.29, 1.82) is 0 Å². The van der Waals surface area contributed by atoms with E-state index in [0.717, 1.165) is 16.4 Å². The van der Waals surface area contributed by atoms with Gasteiger partial charge in [0.2, 0.25) is 5.13 Å². The molecule has 0 aliphatic rings. The molecule has 0 atom stereocenters. The number of rotatable bonds is 7. The molecule has 0 aliphatic heterocycles. The van der Waals surface area contributed by atoms with Gasteiger partial charge in [-0.2, -0.15) is 5.10 Å². The minimum atomic E-state index is 0.0148. The number of thiazole rings is 1. The molecule has 0 fully saturated rings. The van der Waals surface area contributed by atoms with E-state index in [0.29, 0.717) is 23.1 Å². The lowest BCUT2D eigenvalue weighted by molar-refractivity contribution is 0.224. The molecule has 1 heterocycles. The van der Waals surface area contributed by atoms with Crippen LogP contribution in [0.2, 0.25) is 5.02 Å². The van der Waals surface area contributed by atoms with E-state index in [2.05, 4.69) is 15.5 Å². The minimum absolute atomic E-state index is 0.0148. The maximum atomic E-state index is 6.32. The number of halogens is 1. The van der Waals surface area contributed by atoms with Crippen molar-refractivity contribution < 1.29 is 9.47 Å². The van der Waals surface area contributed by atoms with Gasteiger partial charge in [-0.1, -0.05) is 11.6 Å². The predicted octanol–water partition coefficient (Wildman–Crippen LogP) is 4.74. The Morgan fingerprint density at radius 3 is 2.83 bits per heavy atom. The van der Waals surface area contributed by atoms with Crippen LogP contribution in [0.5, 0.6) is 11.5 Å². The number of aryl methyl sites for hydroxylation is 1. The van der Waals surface area contributed by atoms with E-state index in [4.69, 9.17) is 21.1 Å². The van der Waals surface area contributed by atoms with Gasteiger partial charge in [-0.3, -0.25) is 5.43 Å². The number of aromatic nitrogens is 1. The number of hydrogen-bond donors (Lipinski definition) is 1. The van der Waals surface area contributed by atoms with E-state index in [-0.39, 0.29) is 6.10 Å². The van der Waals surface area contributed by atoms with Crippen LogP contribution in [0.4, 0.5) is 5.13 Å². The van der Waals surface area contributed by atoms with E-state index in [1.807, 2.05) is 39.1 Å². The van der Waals surface area contributed by atoms with Crippen LogP contribution in [0.15, 0.2) is 22.6 Å². The first-order chi connectivity index (χ1) is 11.0. The summed E-state index contributed by atoms with van der Waals surface area (Å²) in [5.41, 5.74) is 4.67. The summed E-state index contributed by atoms with van der Waals surface area (Å²) in [4.78, 5) is 4.28. The molecule has 0 saturated carbocycles. The van der Waals surface area contributed by atoms with Crippen LogP contribution in [-0.2, 0) is 0 Å². The number of benzene rings is 1. The summed E-state index contributed by atoms with van der Waals surface area (Å²) in [5, 5.41) is 7.38. The fourth-order valence-electron chi connectivity index (χ4n) is 1.84. The largest absolute Gasteiger partial charge is 0.490 e. The Bertz CT molecular complexity index is 686. The number of nitrogens with zero attached hydrogens (tertiary/aromatic N) is 2. The van der Waals surface area contributed by atoms with Crippen molar-refractivity contribution in [2.45, 2.75) is 33.8 Å². The first-order valence-corrected chi connectivity index (χ1v) is 8.59. The van der Waals surface area contributed by atoms with E-state index >= 15 is 0 Å². The minimum Gasteiger partial charge on any atom is -0.490 e. The molecule has 0 aliphatic carbocycles. The zero-order valence-corrected chi connectivity index (χ0v) is 15.2. The Balaban J connectivity index is 2.18. The normalized spacial score (nSPS) is 11.2. The van der Waals surface area contributed by atoms with Crippen molar-refractivity contribution in [3.63, 3.8) is 0 Å². The molecule has 5 nitrogen and oxygen atoms in total. The highest BCUT2D eigenvalue weighted by Gasteiger charge is 2.13. The number of anilines is 1. The highest BCUT2D eigenvalue weighted by atomic mass is 35.5. The highest BCUT2D eigenvalue weighted by Crippen LogP contribution is 2.37. The van der Waals surface area contributed by atoms with Gasteiger partial charge in [-0.15, -0.1) is 11.3 Å².